The molecule has 2 N–H and O–H groups in total. The number of piperidine rings is 1. The zero-order valence-electron chi connectivity index (χ0n) is 10.8. The second-order valence-corrected chi connectivity index (χ2v) is 5.83. The lowest BCUT2D eigenvalue weighted by Crippen LogP contribution is -2.51. The van der Waals surface area contributed by atoms with E-state index in [4.69, 9.17) is 0 Å². The maximum absolute atomic E-state index is 9.76. The Morgan fingerprint density at radius 3 is 2.56 bits per heavy atom. The molecule has 0 aliphatic carbocycles. The lowest BCUT2D eigenvalue weighted by Gasteiger charge is -2.41. The third-order valence-corrected chi connectivity index (χ3v) is 4.53. The Bertz CT molecular complexity index is 389. The standard InChI is InChI=1S/C14H21BrN2O/c1-2-17-9-7-14(11-18,8-10-17)16-13-6-4-3-5-12(13)15/h3-6,16,18H,2,7-11H2,1H3. The second kappa shape index (κ2) is 6.04. The molecule has 0 aromatic heterocycles. The molecule has 18 heavy (non-hydrogen) atoms. The fraction of sp³-hybridized carbons (Fsp3) is 0.571. The first-order chi connectivity index (χ1) is 8.69. The van der Waals surface area contributed by atoms with Gasteiger partial charge in [-0.15, -0.1) is 0 Å². The average molecular weight is 313 g/mol. The maximum Gasteiger partial charge on any atom is 0.0662 e. The van der Waals surface area contributed by atoms with E-state index in [2.05, 4.69) is 33.1 Å². The summed E-state index contributed by atoms with van der Waals surface area (Å²) in [7, 11) is 0. The molecule has 0 radical (unpaired) electrons. The van der Waals surface area contributed by atoms with Gasteiger partial charge in [-0.1, -0.05) is 19.1 Å². The number of nitrogens with zero attached hydrogens (tertiary/aromatic N) is 1. The minimum absolute atomic E-state index is 0.171. The minimum Gasteiger partial charge on any atom is -0.394 e. The molecule has 1 aliphatic rings. The second-order valence-electron chi connectivity index (χ2n) is 4.98. The van der Waals surface area contributed by atoms with E-state index in [9.17, 15) is 5.11 Å². The van der Waals surface area contributed by atoms with Crippen LogP contribution in [0.2, 0.25) is 0 Å². The fourth-order valence-corrected chi connectivity index (χ4v) is 2.85. The van der Waals surface area contributed by atoms with Gasteiger partial charge in [0.25, 0.3) is 0 Å². The predicted molar refractivity (Wildman–Crippen MR) is 78.9 cm³/mol. The Hall–Kier alpha value is -0.580. The summed E-state index contributed by atoms with van der Waals surface area (Å²) in [4.78, 5) is 2.43. The largest absolute Gasteiger partial charge is 0.394 e. The fourth-order valence-electron chi connectivity index (χ4n) is 2.47. The molecule has 1 aliphatic heterocycles. The van der Waals surface area contributed by atoms with Gasteiger partial charge in [0.1, 0.15) is 0 Å². The van der Waals surface area contributed by atoms with Crippen molar-refractivity contribution in [1.29, 1.82) is 0 Å². The summed E-state index contributed by atoms with van der Waals surface area (Å²) in [5, 5.41) is 13.3. The number of rotatable bonds is 4. The van der Waals surface area contributed by atoms with Crippen LogP contribution in [0.1, 0.15) is 19.8 Å². The molecular weight excluding hydrogens is 292 g/mol. The Morgan fingerprint density at radius 1 is 1.33 bits per heavy atom. The number of aliphatic hydroxyl groups is 1. The van der Waals surface area contributed by atoms with Crippen LogP contribution in [0, 0.1) is 0 Å². The zero-order chi connectivity index (χ0) is 13.0. The SMILES string of the molecule is CCN1CCC(CO)(Nc2ccccc2Br)CC1. The Balaban J connectivity index is 2.08. The van der Waals surface area contributed by atoms with Crippen LogP contribution >= 0.6 is 15.9 Å². The van der Waals surface area contributed by atoms with Crippen LogP contribution in [0.4, 0.5) is 5.69 Å². The Morgan fingerprint density at radius 2 is 2.00 bits per heavy atom. The van der Waals surface area contributed by atoms with Crippen LogP contribution in [-0.2, 0) is 0 Å². The lowest BCUT2D eigenvalue weighted by atomic mass is 9.88. The van der Waals surface area contributed by atoms with E-state index in [0.717, 1.165) is 42.6 Å². The van der Waals surface area contributed by atoms with E-state index in [-0.39, 0.29) is 12.1 Å². The Kier molecular flexibility index (Phi) is 4.65. The van der Waals surface area contributed by atoms with Gasteiger partial charge in [-0.2, -0.15) is 0 Å². The molecule has 0 spiro atoms. The van der Waals surface area contributed by atoms with E-state index in [0.29, 0.717) is 0 Å². The van der Waals surface area contributed by atoms with Crippen LogP contribution < -0.4 is 5.32 Å². The summed E-state index contributed by atoms with van der Waals surface area (Å²) >= 11 is 3.55. The highest BCUT2D eigenvalue weighted by atomic mass is 79.9. The number of likely N-dealkylation sites (tertiary alicyclic amines) is 1. The average Bonchev–Trinajstić information content (AvgIpc) is 2.42. The van der Waals surface area contributed by atoms with Crippen LogP contribution in [0.5, 0.6) is 0 Å². The first-order valence-electron chi connectivity index (χ1n) is 6.55. The predicted octanol–water partition coefficient (Wildman–Crippen LogP) is 2.71. The molecule has 1 heterocycles. The number of hydrogen-bond acceptors (Lipinski definition) is 3. The first kappa shape index (κ1) is 13.8. The van der Waals surface area contributed by atoms with Gasteiger partial charge in [0.15, 0.2) is 0 Å². The van der Waals surface area contributed by atoms with Crippen molar-refractivity contribution >= 4 is 21.6 Å². The molecular formula is C14H21BrN2O. The van der Waals surface area contributed by atoms with Crippen molar-refractivity contribution in [3.05, 3.63) is 28.7 Å². The number of anilines is 1. The number of nitrogens with one attached hydrogen (secondary N) is 1. The molecule has 1 aromatic carbocycles. The van der Waals surface area contributed by atoms with E-state index in [1.54, 1.807) is 0 Å². The third-order valence-electron chi connectivity index (χ3n) is 3.84. The summed E-state index contributed by atoms with van der Waals surface area (Å²) in [6, 6.07) is 8.09. The molecule has 0 bridgehead atoms. The zero-order valence-corrected chi connectivity index (χ0v) is 12.4. The van der Waals surface area contributed by atoms with E-state index < -0.39 is 0 Å². The molecule has 0 unspecified atom stereocenters. The molecule has 0 saturated carbocycles. The topological polar surface area (TPSA) is 35.5 Å². The molecule has 1 aromatic rings. The van der Waals surface area contributed by atoms with Gasteiger partial charge in [-0.25, -0.2) is 0 Å². The van der Waals surface area contributed by atoms with Crippen LogP contribution in [0.3, 0.4) is 0 Å². The number of para-hydroxylation sites is 1. The van der Waals surface area contributed by atoms with Crippen molar-refractivity contribution in [2.75, 3.05) is 31.6 Å². The minimum atomic E-state index is -0.171. The molecule has 2 rings (SSSR count). The summed E-state index contributed by atoms with van der Waals surface area (Å²) in [5.41, 5.74) is 0.895. The molecule has 1 saturated heterocycles. The number of hydrogen-bond donors (Lipinski definition) is 2. The number of aliphatic hydroxyl groups excluding tert-OH is 1. The van der Waals surface area contributed by atoms with Crippen molar-refractivity contribution in [3.63, 3.8) is 0 Å². The highest BCUT2D eigenvalue weighted by molar-refractivity contribution is 9.10. The van der Waals surface area contributed by atoms with Crippen molar-refractivity contribution in [1.82, 2.24) is 4.90 Å². The van der Waals surface area contributed by atoms with Gasteiger partial charge < -0.3 is 15.3 Å². The van der Waals surface area contributed by atoms with E-state index in [1.165, 1.54) is 0 Å². The van der Waals surface area contributed by atoms with E-state index >= 15 is 0 Å². The van der Waals surface area contributed by atoms with Gasteiger partial charge >= 0.3 is 0 Å². The smallest absolute Gasteiger partial charge is 0.0662 e. The van der Waals surface area contributed by atoms with Crippen LogP contribution in [-0.4, -0.2) is 41.8 Å². The third kappa shape index (κ3) is 3.05. The number of halogens is 1. The Labute approximate surface area is 117 Å². The van der Waals surface area contributed by atoms with Gasteiger partial charge in [-0.3, -0.25) is 0 Å². The van der Waals surface area contributed by atoms with Crippen LogP contribution in [0.15, 0.2) is 28.7 Å². The lowest BCUT2D eigenvalue weighted by molar-refractivity contribution is 0.122. The van der Waals surface area contributed by atoms with Crippen LogP contribution in [0.25, 0.3) is 0 Å². The quantitative estimate of drug-likeness (QED) is 0.897. The maximum atomic E-state index is 9.76. The van der Waals surface area contributed by atoms with E-state index in [1.807, 2.05) is 24.3 Å². The molecule has 1 fully saturated rings. The molecule has 3 nitrogen and oxygen atoms in total. The molecule has 4 heteroatoms. The first-order valence-corrected chi connectivity index (χ1v) is 7.34. The highest BCUT2D eigenvalue weighted by Gasteiger charge is 2.33. The summed E-state index contributed by atoms with van der Waals surface area (Å²) in [6.07, 6.45) is 1.97. The summed E-state index contributed by atoms with van der Waals surface area (Å²) in [6.45, 7) is 5.57. The normalized spacial score (nSPS) is 19.7. The molecule has 0 atom stereocenters. The van der Waals surface area contributed by atoms with Gasteiger partial charge in [-0.05, 0) is 47.4 Å². The molecule has 100 valence electrons. The van der Waals surface area contributed by atoms with Crippen molar-refractivity contribution in [2.24, 2.45) is 0 Å². The van der Waals surface area contributed by atoms with Gasteiger partial charge in [0.05, 0.1) is 12.1 Å². The summed E-state index contributed by atoms with van der Waals surface area (Å²) in [5.74, 6) is 0. The highest BCUT2D eigenvalue weighted by Crippen LogP contribution is 2.30. The monoisotopic (exact) mass is 312 g/mol. The number of benzene rings is 1. The molecule has 0 amide bonds. The van der Waals surface area contributed by atoms with Crippen molar-refractivity contribution in [2.45, 2.75) is 25.3 Å². The van der Waals surface area contributed by atoms with Crippen molar-refractivity contribution < 1.29 is 5.11 Å². The summed E-state index contributed by atoms with van der Waals surface area (Å²) < 4.78 is 1.05. The van der Waals surface area contributed by atoms with Gasteiger partial charge in [0.2, 0.25) is 0 Å². The van der Waals surface area contributed by atoms with Gasteiger partial charge in [0, 0.05) is 23.2 Å². The van der Waals surface area contributed by atoms with Crippen molar-refractivity contribution in [3.8, 4) is 0 Å².